The maximum Gasteiger partial charge on any atom is 0.327 e. The van der Waals surface area contributed by atoms with Gasteiger partial charge >= 0.3 is 5.97 Å². The van der Waals surface area contributed by atoms with Gasteiger partial charge in [-0.05, 0) is 30.5 Å². The van der Waals surface area contributed by atoms with E-state index in [0.717, 1.165) is 0 Å². The highest BCUT2D eigenvalue weighted by Gasteiger charge is 2.28. The van der Waals surface area contributed by atoms with E-state index >= 15 is 0 Å². The molecule has 162 valence electrons. The number of hydrogen-bond donors (Lipinski definition) is 2. The third-order valence-corrected chi connectivity index (χ3v) is 5.07. The largest absolute Gasteiger partial charge is 0.496 e. The number of ketones is 1. The molecule has 0 saturated carbocycles. The van der Waals surface area contributed by atoms with Crippen LogP contribution in [0.1, 0.15) is 15.9 Å². The minimum absolute atomic E-state index is 0.149. The minimum atomic E-state index is -1.11. The number of rotatable bonds is 9. The summed E-state index contributed by atoms with van der Waals surface area (Å²) < 4.78 is 16.4. The summed E-state index contributed by atoms with van der Waals surface area (Å²) in [5, 5.41) is 11.5. The third kappa shape index (κ3) is 5.37. The van der Waals surface area contributed by atoms with Crippen LogP contribution in [0.4, 0.5) is 0 Å². The topological polar surface area (TPSA) is 111 Å². The van der Waals surface area contributed by atoms with Gasteiger partial charge < -0.3 is 24.6 Å². The molecule has 3 rings (SSSR count). The Labute approximate surface area is 183 Å². The van der Waals surface area contributed by atoms with Crippen LogP contribution in [0.25, 0.3) is 6.08 Å². The van der Waals surface area contributed by atoms with E-state index < -0.39 is 17.9 Å². The van der Waals surface area contributed by atoms with Crippen molar-refractivity contribution in [3.05, 3.63) is 59.4 Å². The second-order valence-electron chi connectivity index (χ2n) is 6.54. The molecule has 1 atom stereocenters. The zero-order valence-corrected chi connectivity index (χ0v) is 17.7. The number of methoxy groups -OCH3 is 1. The number of carboxylic acids is 1. The van der Waals surface area contributed by atoms with Crippen LogP contribution in [0.5, 0.6) is 17.2 Å². The highest BCUT2D eigenvalue weighted by atomic mass is 32.2. The van der Waals surface area contributed by atoms with Gasteiger partial charge in [0.1, 0.15) is 23.3 Å². The normalized spacial score (nSPS) is 14.5. The average molecular weight is 443 g/mol. The molecule has 0 radical (unpaired) electrons. The zero-order chi connectivity index (χ0) is 22.4. The number of carbonyl (C=O) groups is 3. The van der Waals surface area contributed by atoms with Crippen LogP contribution >= 0.6 is 11.8 Å². The van der Waals surface area contributed by atoms with Gasteiger partial charge in [0.15, 0.2) is 12.4 Å². The first kappa shape index (κ1) is 22.2. The summed E-state index contributed by atoms with van der Waals surface area (Å²) in [4.78, 5) is 35.8. The first-order valence-electron chi connectivity index (χ1n) is 9.28. The lowest BCUT2D eigenvalue weighted by Crippen LogP contribution is -2.44. The number of fused-ring (bicyclic) bond motifs is 1. The molecule has 0 saturated heterocycles. The number of para-hydroxylation sites is 1. The molecule has 0 aliphatic carbocycles. The van der Waals surface area contributed by atoms with Crippen molar-refractivity contribution in [3.63, 3.8) is 0 Å². The average Bonchev–Trinajstić information content (AvgIpc) is 3.07. The Morgan fingerprint density at radius 1 is 1.26 bits per heavy atom. The second-order valence-corrected chi connectivity index (χ2v) is 7.45. The number of allylic oxidation sites excluding steroid dienone is 1. The maximum atomic E-state index is 12.6. The van der Waals surface area contributed by atoms with Gasteiger partial charge in [0, 0.05) is 17.4 Å². The Kier molecular flexibility index (Phi) is 7.19. The second kappa shape index (κ2) is 10.0. The van der Waals surface area contributed by atoms with Crippen molar-refractivity contribution in [2.75, 3.05) is 25.7 Å². The first-order valence-corrected chi connectivity index (χ1v) is 10.7. The monoisotopic (exact) mass is 443 g/mol. The van der Waals surface area contributed by atoms with Crippen molar-refractivity contribution in [2.45, 2.75) is 6.04 Å². The molecule has 2 aromatic carbocycles. The number of amides is 1. The Hall–Kier alpha value is -3.46. The summed E-state index contributed by atoms with van der Waals surface area (Å²) in [6.07, 6.45) is 3.36. The molecule has 1 aliphatic heterocycles. The predicted molar refractivity (Wildman–Crippen MR) is 116 cm³/mol. The predicted octanol–water partition coefficient (Wildman–Crippen LogP) is 2.62. The molecule has 1 unspecified atom stereocenters. The summed E-state index contributed by atoms with van der Waals surface area (Å²) in [6, 6.07) is 10.9. The molecular weight excluding hydrogens is 422 g/mol. The lowest BCUT2D eigenvalue weighted by Gasteiger charge is -2.13. The standard InChI is InChI=1S/C22H21NO7S/c1-28-17-6-4-3-5-13(17)9-19-21(25)15-8-7-14(10-18(15)30-19)29-11-20(24)23-16(12-31-2)22(26)27/h3-10,16H,11-12H2,1-2H3,(H,23,24)(H,26,27). The Morgan fingerprint density at radius 2 is 2.03 bits per heavy atom. The Morgan fingerprint density at radius 3 is 2.74 bits per heavy atom. The molecule has 0 bridgehead atoms. The van der Waals surface area contributed by atoms with Gasteiger partial charge in [0.05, 0.1) is 12.7 Å². The van der Waals surface area contributed by atoms with Gasteiger partial charge in [-0.2, -0.15) is 11.8 Å². The Bertz CT molecular complexity index is 1030. The van der Waals surface area contributed by atoms with Crippen LogP contribution < -0.4 is 19.5 Å². The van der Waals surface area contributed by atoms with Crippen LogP contribution in [-0.2, 0) is 9.59 Å². The quantitative estimate of drug-likeness (QED) is 0.569. The lowest BCUT2D eigenvalue weighted by atomic mass is 10.1. The molecule has 2 aromatic rings. The Balaban J connectivity index is 1.67. The molecule has 2 N–H and O–H groups in total. The fourth-order valence-electron chi connectivity index (χ4n) is 2.91. The van der Waals surface area contributed by atoms with Gasteiger partial charge in [-0.3, -0.25) is 9.59 Å². The van der Waals surface area contributed by atoms with E-state index in [-0.39, 0.29) is 23.9 Å². The summed E-state index contributed by atoms with van der Waals surface area (Å²) in [6.45, 7) is -0.366. The van der Waals surface area contributed by atoms with E-state index in [4.69, 9.17) is 19.3 Å². The number of carboxylic acid groups (broad SMARTS) is 1. The highest BCUT2D eigenvalue weighted by Crippen LogP contribution is 2.35. The van der Waals surface area contributed by atoms with Gasteiger partial charge in [-0.1, -0.05) is 18.2 Å². The molecular formula is C22H21NO7S. The van der Waals surface area contributed by atoms with Crippen molar-refractivity contribution in [3.8, 4) is 17.2 Å². The lowest BCUT2D eigenvalue weighted by molar-refractivity contribution is -0.141. The van der Waals surface area contributed by atoms with E-state index in [2.05, 4.69) is 5.32 Å². The fourth-order valence-corrected chi connectivity index (χ4v) is 3.47. The number of thioether (sulfide) groups is 1. The van der Waals surface area contributed by atoms with Gasteiger partial charge in [-0.25, -0.2) is 4.79 Å². The van der Waals surface area contributed by atoms with Crippen molar-refractivity contribution < 1.29 is 33.7 Å². The number of carbonyl (C=O) groups excluding carboxylic acids is 2. The smallest absolute Gasteiger partial charge is 0.327 e. The van der Waals surface area contributed by atoms with E-state index in [1.807, 2.05) is 12.1 Å². The molecule has 1 amide bonds. The third-order valence-electron chi connectivity index (χ3n) is 4.40. The van der Waals surface area contributed by atoms with E-state index in [1.165, 1.54) is 17.8 Å². The van der Waals surface area contributed by atoms with Gasteiger partial charge in [0.25, 0.3) is 5.91 Å². The molecule has 9 heteroatoms. The molecule has 1 heterocycles. The summed E-state index contributed by atoms with van der Waals surface area (Å²) in [5.41, 5.74) is 1.08. The van der Waals surface area contributed by atoms with Crippen molar-refractivity contribution in [1.82, 2.24) is 5.32 Å². The van der Waals surface area contributed by atoms with Crippen molar-refractivity contribution in [1.29, 1.82) is 0 Å². The summed E-state index contributed by atoms with van der Waals surface area (Å²) in [5.74, 6) is -0.304. The fraction of sp³-hybridized carbons (Fsp3) is 0.227. The van der Waals surface area contributed by atoms with Crippen molar-refractivity contribution in [2.24, 2.45) is 0 Å². The van der Waals surface area contributed by atoms with E-state index in [0.29, 0.717) is 28.4 Å². The molecule has 0 fully saturated rings. The molecule has 8 nitrogen and oxygen atoms in total. The van der Waals surface area contributed by atoms with Gasteiger partial charge in [-0.15, -0.1) is 0 Å². The molecule has 0 aromatic heterocycles. The number of aliphatic carboxylic acids is 1. The van der Waals surface area contributed by atoms with Gasteiger partial charge in [0.2, 0.25) is 5.78 Å². The van der Waals surface area contributed by atoms with E-state index in [1.54, 1.807) is 43.7 Å². The van der Waals surface area contributed by atoms with Crippen LogP contribution in [0.3, 0.4) is 0 Å². The van der Waals surface area contributed by atoms with Crippen molar-refractivity contribution >= 4 is 35.5 Å². The van der Waals surface area contributed by atoms with E-state index in [9.17, 15) is 14.4 Å². The highest BCUT2D eigenvalue weighted by molar-refractivity contribution is 7.98. The number of nitrogens with one attached hydrogen (secondary N) is 1. The SMILES string of the molecule is COc1ccccc1C=C1Oc2cc(OCC(=O)NC(CSC)C(=O)O)ccc2C1=O. The van der Waals surface area contributed by atoms with Crippen LogP contribution in [0.15, 0.2) is 48.2 Å². The minimum Gasteiger partial charge on any atom is -0.496 e. The van der Waals surface area contributed by atoms with Crippen LogP contribution in [0.2, 0.25) is 0 Å². The zero-order valence-electron chi connectivity index (χ0n) is 16.9. The molecule has 1 aliphatic rings. The summed E-state index contributed by atoms with van der Waals surface area (Å²) in [7, 11) is 1.54. The first-order chi connectivity index (χ1) is 14.9. The number of hydrogen-bond acceptors (Lipinski definition) is 7. The number of benzene rings is 2. The van der Waals surface area contributed by atoms with Crippen LogP contribution in [0, 0.1) is 0 Å². The number of Topliss-reactive ketones (excluding diaryl/α,β-unsaturated/α-hetero) is 1. The van der Waals surface area contributed by atoms with Crippen LogP contribution in [-0.4, -0.2) is 54.5 Å². The molecule has 0 spiro atoms. The summed E-state index contributed by atoms with van der Waals surface area (Å²) >= 11 is 1.31. The number of ether oxygens (including phenoxy) is 3. The maximum absolute atomic E-state index is 12.6. The molecule has 31 heavy (non-hydrogen) atoms.